The largest absolute Gasteiger partial charge is 0.329 e. The van der Waals surface area contributed by atoms with Gasteiger partial charge in [0.15, 0.2) is 0 Å². The van der Waals surface area contributed by atoms with Crippen molar-refractivity contribution in [3.8, 4) is 0 Å². The van der Waals surface area contributed by atoms with E-state index in [1.54, 1.807) is 0 Å². The molecule has 0 amide bonds. The van der Waals surface area contributed by atoms with Crippen molar-refractivity contribution in [1.82, 2.24) is 5.32 Å². The molecule has 15 heavy (non-hydrogen) atoms. The molecule has 0 radical (unpaired) electrons. The monoisotopic (exact) mass is 232 g/mol. The van der Waals surface area contributed by atoms with Crippen molar-refractivity contribution < 1.29 is 8.42 Å². The molecule has 0 spiro atoms. The molecule has 88 valence electrons. The Bertz CT molecular complexity index is 308. The van der Waals surface area contributed by atoms with Gasteiger partial charge in [0.05, 0.1) is 11.5 Å². The van der Waals surface area contributed by atoms with Gasteiger partial charge >= 0.3 is 0 Å². The fourth-order valence-electron chi connectivity index (χ4n) is 2.32. The lowest BCUT2D eigenvalue weighted by Crippen LogP contribution is -2.60. The fraction of sp³-hybridized carbons (Fsp3) is 1.00. The van der Waals surface area contributed by atoms with Crippen LogP contribution in [0.3, 0.4) is 0 Å². The summed E-state index contributed by atoms with van der Waals surface area (Å²) in [7, 11) is -2.78. The summed E-state index contributed by atoms with van der Waals surface area (Å²) in [4.78, 5) is 0. The molecule has 1 heterocycles. The normalized spacial score (nSPS) is 29.7. The molecule has 1 aliphatic carbocycles. The molecule has 1 aliphatic heterocycles. The van der Waals surface area contributed by atoms with Gasteiger partial charge in [-0.15, -0.1) is 0 Å². The molecule has 4 nitrogen and oxygen atoms in total. The van der Waals surface area contributed by atoms with E-state index in [1.165, 1.54) is 19.3 Å². The molecule has 2 fully saturated rings. The summed E-state index contributed by atoms with van der Waals surface area (Å²) >= 11 is 0. The Balaban J connectivity index is 1.97. The minimum atomic E-state index is -2.78. The molecule has 0 aromatic heterocycles. The first kappa shape index (κ1) is 11.4. The average molecular weight is 232 g/mol. The molecule has 2 rings (SSSR count). The van der Waals surface area contributed by atoms with Gasteiger partial charge in [0.25, 0.3) is 0 Å². The van der Waals surface area contributed by atoms with E-state index in [4.69, 9.17) is 5.73 Å². The zero-order valence-electron chi connectivity index (χ0n) is 9.04. The van der Waals surface area contributed by atoms with Crippen LogP contribution in [0.5, 0.6) is 0 Å². The Kier molecular flexibility index (Phi) is 3.05. The number of hydrogen-bond acceptors (Lipinski definition) is 4. The second-order valence-electron chi connectivity index (χ2n) is 4.91. The van der Waals surface area contributed by atoms with Gasteiger partial charge in [0.2, 0.25) is 0 Å². The van der Waals surface area contributed by atoms with Crippen molar-refractivity contribution in [2.45, 2.75) is 43.7 Å². The number of nitrogens with one attached hydrogen (secondary N) is 1. The highest BCUT2D eigenvalue weighted by Crippen LogP contribution is 2.28. The van der Waals surface area contributed by atoms with Gasteiger partial charge in [-0.1, -0.05) is 6.42 Å². The van der Waals surface area contributed by atoms with Crippen molar-refractivity contribution in [3.63, 3.8) is 0 Å². The van der Waals surface area contributed by atoms with Gasteiger partial charge in [0.1, 0.15) is 9.84 Å². The third kappa shape index (κ3) is 2.52. The Morgan fingerprint density at radius 2 is 1.87 bits per heavy atom. The maximum absolute atomic E-state index is 11.4. The summed E-state index contributed by atoms with van der Waals surface area (Å²) in [5.74, 6) is 0.591. The fourth-order valence-corrected chi connectivity index (χ4v) is 3.93. The molecule has 2 aliphatic rings. The molecule has 0 bridgehead atoms. The molecule has 1 saturated carbocycles. The smallest absolute Gasteiger partial charge is 0.150 e. The first-order valence-electron chi connectivity index (χ1n) is 5.73. The standard InChI is InChI=1S/C10H20N2O2S/c11-8-10(12-9-2-1-3-9)4-6-15(13,14)7-5-10/h9,12H,1-8,11H2. The van der Waals surface area contributed by atoms with Crippen molar-refractivity contribution in [1.29, 1.82) is 0 Å². The van der Waals surface area contributed by atoms with Gasteiger partial charge in [-0.2, -0.15) is 0 Å². The summed E-state index contributed by atoms with van der Waals surface area (Å²) in [6, 6.07) is 0.578. The SMILES string of the molecule is NCC1(NC2CCC2)CCS(=O)(=O)CC1. The number of sulfone groups is 1. The topological polar surface area (TPSA) is 72.2 Å². The average Bonchev–Trinajstić information content (AvgIpc) is 2.15. The first-order valence-corrected chi connectivity index (χ1v) is 7.56. The minimum Gasteiger partial charge on any atom is -0.329 e. The minimum absolute atomic E-state index is 0.101. The predicted octanol–water partition coefficient (Wildman–Crippen LogP) is 0.0346. The van der Waals surface area contributed by atoms with E-state index in [1.807, 2.05) is 0 Å². The number of hydrogen-bond donors (Lipinski definition) is 2. The van der Waals surface area contributed by atoms with Crippen molar-refractivity contribution >= 4 is 9.84 Å². The second-order valence-corrected chi connectivity index (χ2v) is 7.21. The van der Waals surface area contributed by atoms with Crippen LogP contribution in [0.2, 0.25) is 0 Å². The lowest BCUT2D eigenvalue weighted by Gasteiger charge is -2.42. The van der Waals surface area contributed by atoms with Crippen LogP contribution < -0.4 is 11.1 Å². The zero-order chi connectivity index (χ0) is 10.9. The van der Waals surface area contributed by atoms with Crippen LogP contribution in [0.1, 0.15) is 32.1 Å². The van der Waals surface area contributed by atoms with Crippen LogP contribution in [-0.2, 0) is 9.84 Å². The lowest BCUT2D eigenvalue weighted by molar-refractivity contribution is 0.212. The van der Waals surface area contributed by atoms with Crippen LogP contribution in [0, 0.1) is 0 Å². The first-order chi connectivity index (χ1) is 7.05. The zero-order valence-corrected chi connectivity index (χ0v) is 9.85. The third-order valence-corrected chi connectivity index (χ3v) is 5.44. The van der Waals surface area contributed by atoms with E-state index in [2.05, 4.69) is 5.32 Å². The van der Waals surface area contributed by atoms with Crippen LogP contribution in [0.25, 0.3) is 0 Å². The molecule has 3 N–H and O–H groups in total. The van der Waals surface area contributed by atoms with E-state index in [9.17, 15) is 8.42 Å². The van der Waals surface area contributed by atoms with Crippen molar-refractivity contribution in [2.75, 3.05) is 18.1 Å². The van der Waals surface area contributed by atoms with Crippen LogP contribution >= 0.6 is 0 Å². The molecule has 1 saturated heterocycles. The van der Waals surface area contributed by atoms with E-state index in [0.717, 1.165) is 0 Å². The van der Waals surface area contributed by atoms with E-state index >= 15 is 0 Å². The van der Waals surface area contributed by atoms with Gasteiger partial charge in [-0.25, -0.2) is 8.42 Å². The summed E-state index contributed by atoms with van der Waals surface area (Å²) < 4.78 is 22.7. The highest BCUT2D eigenvalue weighted by atomic mass is 32.2. The predicted molar refractivity (Wildman–Crippen MR) is 60.4 cm³/mol. The van der Waals surface area contributed by atoms with Gasteiger partial charge in [0, 0.05) is 18.1 Å². The van der Waals surface area contributed by atoms with Crippen LogP contribution in [0.4, 0.5) is 0 Å². The highest BCUT2D eigenvalue weighted by molar-refractivity contribution is 7.91. The molecule has 0 unspecified atom stereocenters. The van der Waals surface area contributed by atoms with E-state index in [0.29, 0.717) is 36.9 Å². The molecule has 0 aromatic rings. The number of nitrogens with two attached hydrogens (primary N) is 1. The van der Waals surface area contributed by atoms with Crippen LogP contribution in [-0.4, -0.2) is 38.0 Å². The Hall–Kier alpha value is -0.130. The molecule has 0 atom stereocenters. The van der Waals surface area contributed by atoms with Crippen LogP contribution in [0.15, 0.2) is 0 Å². The summed E-state index contributed by atoms with van der Waals surface area (Å²) in [6.45, 7) is 0.555. The maximum atomic E-state index is 11.4. The quantitative estimate of drug-likeness (QED) is 0.720. The number of rotatable bonds is 3. The maximum Gasteiger partial charge on any atom is 0.150 e. The molecular weight excluding hydrogens is 212 g/mol. The van der Waals surface area contributed by atoms with Gasteiger partial charge in [-0.3, -0.25) is 0 Å². The Morgan fingerprint density at radius 1 is 1.27 bits per heavy atom. The molecule has 0 aromatic carbocycles. The van der Waals surface area contributed by atoms with E-state index in [-0.39, 0.29) is 5.54 Å². The van der Waals surface area contributed by atoms with E-state index < -0.39 is 9.84 Å². The van der Waals surface area contributed by atoms with Crippen molar-refractivity contribution in [2.24, 2.45) is 5.73 Å². The summed E-state index contributed by atoms with van der Waals surface area (Å²) in [5, 5.41) is 3.57. The molecule has 5 heteroatoms. The molecular formula is C10H20N2O2S. The van der Waals surface area contributed by atoms with Crippen molar-refractivity contribution in [3.05, 3.63) is 0 Å². The Morgan fingerprint density at radius 3 is 2.27 bits per heavy atom. The Labute approximate surface area is 91.5 Å². The second kappa shape index (κ2) is 4.03. The van der Waals surface area contributed by atoms with Gasteiger partial charge in [-0.05, 0) is 25.7 Å². The van der Waals surface area contributed by atoms with Gasteiger partial charge < -0.3 is 11.1 Å². The summed E-state index contributed by atoms with van der Waals surface area (Å²) in [6.07, 6.45) is 5.09. The lowest BCUT2D eigenvalue weighted by atomic mass is 9.86. The third-order valence-electron chi connectivity index (χ3n) is 3.79. The highest BCUT2D eigenvalue weighted by Gasteiger charge is 2.38. The summed E-state index contributed by atoms with van der Waals surface area (Å²) in [5.41, 5.74) is 5.70.